The number of aromatic nitrogens is 3. The number of rotatable bonds is 5. The van der Waals surface area contributed by atoms with Gasteiger partial charge >= 0.3 is 0 Å². The van der Waals surface area contributed by atoms with Crippen molar-refractivity contribution in [3.63, 3.8) is 0 Å². The molecule has 8 heteroatoms. The van der Waals surface area contributed by atoms with Crippen LogP contribution in [0.1, 0.15) is 31.3 Å². The smallest absolute Gasteiger partial charge is 0.288 e. The molecule has 2 N–H and O–H groups in total. The lowest BCUT2D eigenvalue weighted by Gasteiger charge is -2.13. The highest BCUT2D eigenvalue weighted by Crippen LogP contribution is 2.18. The molecule has 0 unspecified atom stereocenters. The molecule has 0 amide bonds. The lowest BCUT2D eigenvalue weighted by molar-refractivity contribution is 0.567. The Hall–Kier alpha value is -2.45. The largest absolute Gasteiger partial charge is 0.297 e. The molecule has 1 aromatic carbocycles. The van der Waals surface area contributed by atoms with E-state index in [9.17, 15) is 13.2 Å². The number of hydrogen-bond acceptors (Lipinski definition) is 4. The van der Waals surface area contributed by atoms with Crippen LogP contribution in [0.3, 0.4) is 0 Å². The number of nitrogens with one attached hydrogen (secondary N) is 2. The summed E-state index contributed by atoms with van der Waals surface area (Å²) < 4.78 is 29.4. The summed E-state index contributed by atoms with van der Waals surface area (Å²) >= 11 is 0. The third-order valence-corrected chi connectivity index (χ3v) is 5.36. The highest BCUT2D eigenvalue weighted by Gasteiger charge is 2.21. The molecular formula is C16H18N4O3S. The van der Waals surface area contributed by atoms with E-state index in [-0.39, 0.29) is 16.5 Å². The Morgan fingerprint density at radius 1 is 1.29 bits per heavy atom. The van der Waals surface area contributed by atoms with E-state index >= 15 is 0 Å². The van der Waals surface area contributed by atoms with Crippen molar-refractivity contribution in [1.29, 1.82) is 0 Å². The van der Waals surface area contributed by atoms with E-state index in [0.717, 1.165) is 5.56 Å². The Morgan fingerprint density at radius 2 is 2.00 bits per heavy atom. The van der Waals surface area contributed by atoms with Crippen molar-refractivity contribution in [2.45, 2.75) is 31.2 Å². The van der Waals surface area contributed by atoms with Crippen LogP contribution in [0.15, 0.2) is 52.3 Å². The van der Waals surface area contributed by atoms with E-state index in [4.69, 9.17) is 0 Å². The number of aromatic amines is 1. The first-order valence-electron chi connectivity index (χ1n) is 7.59. The van der Waals surface area contributed by atoms with E-state index in [1.54, 1.807) is 6.92 Å². The third kappa shape index (κ3) is 2.98. The fourth-order valence-corrected chi connectivity index (χ4v) is 3.81. The molecule has 0 saturated heterocycles. The molecule has 0 spiro atoms. The van der Waals surface area contributed by atoms with Crippen LogP contribution in [-0.2, 0) is 16.4 Å². The van der Waals surface area contributed by atoms with Gasteiger partial charge in [-0.2, -0.15) is 5.10 Å². The summed E-state index contributed by atoms with van der Waals surface area (Å²) in [7, 11) is -3.76. The van der Waals surface area contributed by atoms with Gasteiger partial charge in [0.05, 0.1) is 0 Å². The molecule has 3 aromatic rings. The maximum atomic E-state index is 12.6. The van der Waals surface area contributed by atoms with Crippen LogP contribution in [0.5, 0.6) is 0 Å². The monoisotopic (exact) mass is 346 g/mol. The summed E-state index contributed by atoms with van der Waals surface area (Å²) in [6.45, 7) is 3.65. The molecular weight excluding hydrogens is 328 g/mol. The van der Waals surface area contributed by atoms with Crippen LogP contribution in [0, 0.1) is 0 Å². The van der Waals surface area contributed by atoms with Gasteiger partial charge in [-0.25, -0.2) is 18.2 Å². The average Bonchev–Trinajstić information content (AvgIpc) is 3.03. The lowest BCUT2D eigenvalue weighted by atomic mass is 10.1. The van der Waals surface area contributed by atoms with Crippen molar-refractivity contribution in [1.82, 2.24) is 19.3 Å². The second-order valence-corrected chi connectivity index (χ2v) is 7.22. The fraction of sp³-hybridized carbons (Fsp3) is 0.250. The Balaban J connectivity index is 2.00. The molecule has 2 aromatic heterocycles. The van der Waals surface area contributed by atoms with Crippen molar-refractivity contribution >= 4 is 15.5 Å². The number of benzene rings is 1. The highest BCUT2D eigenvalue weighted by molar-refractivity contribution is 7.89. The summed E-state index contributed by atoms with van der Waals surface area (Å²) in [5, 5.41) is 6.32. The van der Waals surface area contributed by atoms with Gasteiger partial charge in [-0.3, -0.25) is 9.20 Å². The molecule has 1 atom stereocenters. The number of fused-ring (bicyclic) bond motifs is 1. The summed E-state index contributed by atoms with van der Waals surface area (Å²) in [5.41, 5.74) is 0.693. The number of sulfonamides is 1. The second kappa shape index (κ2) is 6.21. The van der Waals surface area contributed by atoms with E-state index in [1.807, 2.05) is 37.3 Å². The molecule has 7 nitrogen and oxygen atoms in total. The average molecular weight is 346 g/mol. The molecule has 0 saturated carbocycles. The first kappa shape index (κ1) is 16.4. The van der Waals surface area contributed by atoms with Crippen molar-refractivity contribution in [3.05, 3.63) is 64.3 Å². The standard InChI is InChI=1S/C16H18N4O3S/c1-3-15-17-18-16(21)14-9-13(10-20(14)15)24(22,23)19-11(2)12-7-5-4-6-8-12/h4-11,19H,3H2,1-2H3,(H,18,21)/t11-/m1/s1. The van der Waals surface area contributed by atoms with Gasteiger partial charge < -0.3 is 0 Å². The van der Waals surface area contributed by atoms with Crippen molar-refractivity contribution in [2.24, 2.45) is 0 Å². The molecule has 0 aliphatic carbocycles. The Kier molecular flexibility index (Phi) is 4.25. The molecule has 126 valence electrons. The van der Waals surface area contributed by atoms with Crippen LogP contribution in [0.2, 0.25) is 0 Å². The molecule has 0 radical (unpaired) electrons. The van der Waals surface area contributed by atoms with Crippen LogP contribution < -0.4 is 10.3 Å². The zero-order valence-corrected chi connectivity index (χ0v) is 14.2. The predicted octanol–water partition coefficient (Wildman–Crippen LogP) is 1.62. The van der Waals surface area contributed by atoms with Crippen molar-refractivity contribution in [2.75, 3.05) is 0 Å². The summed E-state index contributed by atoms with van der Waals surface area (Å²) in [4.78, 5) is 11.9. The molecule has 3 rings (SSSR count). The number of H-pyrrole nitrogens is 1. The number of hydrogen-bond donors (Lipinski definition) is 2. The Morgan fingerprint density at radius 3 is 2.67 bits per heavy atom. The molecule has 0 aliphatic rings. The van der Waals surface area contributed by atoms with Gasteiger partial charge in [0, 0.05) is 18.7 Å². The minimum Gasteiger partial charge on any atom is -0.297 e. The van der Waals surface area contributed by atoms with E-state index in [0.29, 0.717) is 12.2 Å². The van der Waals surface area contributed by atoms with Gasteiger partial charge in [0.1, 0.15) is 16.2 Å². The maximum Gasteiger partial charge on any atom is 0.288 e. The topological polar surface area (TPSA) is 96.3 Å². The van der Waals surface area contributed by atoms with E-state index in [2.05, 4.69) is 14.9 Å². The molecule has 2 heterocycles. The minimum atomic E-state index is -3.76. The van der Waals surface area contributed by atoms with Crippen molar-refractivity contribution < 1.29 is 8.42 Å². The number of aryl methyl sites for hydroxylation is 1. The highest BCUT2D eigenvalue weighted by atomic mass is 32.2. The zero-order chi connectivity index (χ0) is 17.3. The van der Waals surface area contributed by atoms with Crippen LogP contribution in [0.4, 0.5) is 0 Å². The van der Waals surface area contributed by atoms with Gasteiger partial charge in [0.15, 0.2) is 0 Å². The lowest BCUT2D eigenvalue weighted by Crippen LogP contribution is -2.26. The number of nitrogens with zero attached hydrogens (tertiary/aromatic N) is 2. The fourth-order valence-electron chi connectivity index (χ4n) is 2.56. The normalized spacial score (nSPS) is 13.2. The van der Waals surface area contributed by atoms with Gasteiger partial charge in [-0.1, -0.05) is 37.3 Å². The third-order valence-electron chi connectivity index (χ3n) is 3.85. The summed E-state index contributed by atoms with van der Waals surface area (Å²) in [5.74, 6) is 0.585. The predicted molar refractivity (Wildman–Crippen MR) is 90.4 cm³/mol. The Labute approximate surface area is 139 Å². The SMILES string of the molecule is CCc1n[nH]c(=O)c2cc(S(=O)(=O)N[C@H](C)c3ccccc3)cn12. The summed E-state index contributed by atoms with van der Waals surface area (Å²) in [6, 6.07) is 10.3. The molecule has 0 aliphatic heterocycles. The Bertz CT molecular complexity index is 1020. The van der Waals surface area contributed by atoms with Crippen LogP contribution >= 0.6 is 0 Å². The van der Waals surface area contributed by atoms with Crippen LogP contribution in [-0.4, -0.2) is 23.0 Å². The first-order valence-corrected chi connectivity index (χ1v) is 9.07. The van der Waals surface area contributed by atoms with Crippen LogP contribution in [0.25, 0.3) is 5.52 Å². The van der Waals surface area contributed by atoms with Gasteiger partial charge in [-0.05, 0) is 18.6 Å². The quantitative estimate of drug-likeness (QED) is 0.734. The van der Waals surface area contributed by atoms with Gasteiger partial charge in [0.25, 0.3) is 5.56 Å². The second-order valence-electron chi connectivity index (χ2n) is 5.51. The molecule has 0 fully saturated rings. The zero-order valence-electron chi connectivity index (χ0n) is 13.4. The van der Waals surface area contributed by atoms with Gasteiger partial charge in [-0.15, -0.1) is 0 Å². The van der Waals surface area contributed by atoms with E-state index < -0.39 is 15.6 Å². The summed E-state index contributed by atoms with van der Waals surface area (Å²) in [6.07, 6.45) is 1.99. The minimum absolute atomic E-state index is 0.0403. The van der Waals surface area contributed by atoms with E-state index in [1.165, 1.54) is 16.7 Å². The molecule has 24 heavy (non-hydrogen) atoms. The molecule has 0 bridgehead atoms. The van der Waals surface area contributed by atoms with Crippen molar-refractivity contribution in [3.8, 4) is 0 Å². The van der Waals surface area contributed by atoms with Gasteiger partial charge in [0.2, 0.25) is 10.0 Å². The maximum absolute atomic E-state index is 12.6. The first-order chi connectivity index (χ1) is 11.4.